The molecule has 3 aromatic carbocycles. The molecule has 0 spiro atoms. The van der Waals surface area contributed by atoms with E-state index in [4.69, 9.17) is 42.0 Å². The summed E-state index contributed by atoms with van der Waals surface area (Å²) in [6, 6.07) is 24.3. The lowest BCUT2D eigenvalue weighted by molar-refractivity contribution is -0.204. The van der Waals surface area contributed by atoms with Gasteiger partial charge in [0.25, 0.3) is 11.1 Å². The zero-order valence-electron chi connectivity index (χ0n) is 35.2. The molecule has 5 aromatic rings. The first kappa shape index (κ1) is 43.8. The van der Waals surface area contributed by atoms with Crippen molar-refractivity contribution in [3.05, 3.63) is 161 Å². The van der Waals surface area contributed by atoms with Gasteiger partial charge in [-0.3, -0.25) is 42.3 Å². The maximum absolute atomic E-state index is 14.8. The standard InChI is InChI=1S/C44H47N4O15P/c1-25-21-47(41(52)45-38(25)50)34-20-32(49)35(60-34)33-18-19-59-64(54,62-33)63-37-36-40(48-22-26(2)39(51)46-42(48)53)61-43(37,23-57-36)24-58-44(27-8-6-5-7-9-27,28-10-14-30(55-3)15-11-28)29-12-16-31(56-4)17-13-29/h5-17,21-22,32-37,40,49H,18-20,23-24H2,1-4H3,(H,45,50,52)(H,46,51,53)/t32-,33-,34+,35+,36+,37-,40+,43+,64+/m0/s1. The van der Waals surface area contributed by atoms with Gasteiger partial charge in [0, 0.05) is 36.4 Å². The van der Waals surface area contributed by atoms with Crippen molar-refractivity contribution < 1.29 is 51.7 Å². The number of phosphoric ester groups is 1. The van der Waals surface area contributed by atoms with Crippen LogP contribution in [0.1, 0.15) is 53.1 Å². The number of hydrogen-bond donors (Lipinski definition) is 3. The summed E-state index contributed by atoms with van der Waals surface area (Å²) in [5.41, 5.74) is -2.95. The van der Waals surface area contributed by atoms with Gasteiger partial charge >= 0.3 is 19.2 Å². The molecule has 4 saturated heterocycles. The summed E-state index contributed by atoms with van der Waals surface area (Å²) in [4.78, 5) is 55.2. The van der Waals surface area contributed by atoms with E-state index in [1.807, 2.05) is 78.9 Å². The molecule has 338 valence electrons. The summed E-state index contributed by atoms with van der Waals surface area (Å²) in [7, 11) is -1.44. The summed E-state index contributed by atoms with van der Waals surface area (Å²) in [6.07, 6.45) is -5.08. The fourth-order valence-electron chi connectivity index (χ4n) is 8.89. The molecule has 6 heterocycles. The molecule has 9 atom stereocenters. The number of nitrogens with one attached hydrogen (secondary N) is 2. The van der Waals surface area contributed by atoms with Crippen LogP contribution in [0.2, 0.25) is 0 Å². The fraction of sp³-hybridized carbons (Fsp3) is 0.409. The number of benzene rings is 3. The van der Waals surface area contributed by atoms with E-state index in [1.165, 1.54) is 35.4 Å². The molecule has 9 rings (SSSR count). The molecule has 2 bridgehead atoms. The molecule has 4 aliphatic rings. The Kier molecular flexibility index (Phi) is 11.7. The number of aromatic nitrogens is 4. The first-order valence-corrected chi connectivity index (χ1v) is 22.1. The highest BCUT2D eigenvalue weighted by atomic mass is 31.2. The van der Waals surface area contributed by atoms with Crippen LogP contribution in [-0.4, -0.2) is 94.4 Å². The van der Waals surface area contributed by atoms with Gasteiger partial charge < -0.3 is 33.5 Å². The molecule has 20 heteroatoms. The van der Waals surface area contributed by atoms with Crippen molar-refractivity contribution in [2.75, 3.05) is 34.0 Å². The van der Waals surface area contributed by atoms with Gasteiger partial charge in [0.15, 0.2) is 6.23 Å². The van der Waals surface area contributed by atoms with Crippen molar-refractivity contribution in [2.45, 2.75) is 80.9 Å². The normalized spacial score (nSPS) is 28.9. The van der Waals surface area contributed by atoms with E-state index in [-0.39, 0.29) is 43.8 Å². The maximum atomic E-state index is 14.8. The number of nitrogens with zero attached hydrogens (tertiary/aromatic N) is 2. The first-order valence-electron chi connectivity index (χ1n) is 20.6. The number of aryl methyl sites for hydroxylation is 2. The fourth-order valence-corrected chi connectivity index (χ4v) is 10.5. The number of hydrogen-bond acceptors (Lipinski definition) is 15. The number of methoxy groups -OCH3 is 2. The Balaban J connectivity index is 1.08. The van der Waals surface area contributed by atoms with E-state index in [2.05, 4.69) is 9.97 Å². The van der Waals surface area contributed by atoms with E-state index >= 15 is 0 Å². The van der Waals surface area contributed by atoms with Crippen LogP contribution < -0.4 is 32.0 Å². The molecular weight excluding hydrogens is 855 g/mol. The second-order valence-corrected chi connectivity index (χ2v) is 17.8. The molecule has 0 aliphatic carbocycles. The van der Waals surface area contributed by atoms with Gasteiger partial charge in [0.1, 0.15) is 53.3 Å². The highest BCUT2D eigenvalue weighted by molar-refractivity contribution is 7.48. The predicted molar refractivity (Wildman–Crippen MR) is 225 cm³/mol. The number of phosphoric acid groups is 1. The monoisotopic (exact) mass is 902 g/mol. The summed E-state index contributed by atoms with van der Waals surface area (Å²) < 4.78 is 73.0. The van der Waals surface area contributed by atoms with Crippen LogP contribution >= 0.6 is 7.82 Å². The number of fused-ring (bicyclic) bond motifs is 2. The van der Waals surface area contributed by atoms with Crippen LogP contribution in [-0.2, 0) is 42.7 Å². The van der Waals surface area contributed by atoms with Gasteiger partial charge in [-0.1, -0.05) is 54.6 Å². The van der Waals surface area contributed by atoms with Gasteiger partial charge in [-0.15, -0.1) is 0 Å². The third-order valence-corrected chi connectivity index (χ3v) is 13.7. The SMILES string of the molecule is COc1ccc(C(OC[C@@]23CO[C@@H]([C@H](n4cc(C)c(=O)[nH]c4=O)O2)[C@@H]3O[P@]2(=O)OCC[C@@H]([C@@H]3O[C@@H](n4cc(C)c(=O)[nH]c4=O)C[C@@H]3O)O2)(c2ccccc2)c2ccc(OC)cc2)cc1. The molecule has 0 radical (unpaired) electrons. The molecule has 2 aromatic heterocycles. The minimum absolute atomic E-state index is 0.0324. The zero-order chi connectivity index (χ0) is 45.0. The Bertz CT molecular complexity index is 2750. The Morgan fingerprint density at radius 1 is 0.812 bits per heavy atom. The highest BCUT2D eigenvalue weighted by Crippen LogP contribution is 2.61. The van der Waals surface area contributed by atoms with E-state index in [9.17, 15) is 28.8 Å². The Morgan fingerprint density at radius 3 is 2.00 bits per heavy atom. The van der Waals surface area contributed by atoms with E-state index in [0.717, 1.165) is 5.56 Å². The largest absolute Gasteiger partial charge is 0.497 e. The van der Waals surface area contributed by atoms with Crippen molar-refractivity contribution in [1.29, 1.82) is 0 Å². The molecule has 64 heavy (non-hydrogen) atoms. The Hall–Kier alpha value is -5.47. The van der Waals surface area contributed by atoms with Crippen LogP contribution in [0.25, 0.3) is 0 Å². The molecule has 0 saturated carbocycles. The summed E-state index contributed by atoms with van der Waals surface area (Å²) >= 11 is 0. The van der Waals surface area contributed by atoms with Gasteiger partial charge in [-0.25, -0.2) is 14.2 Å². The number of aromatic amines is 2. The van der Waals surface area contributed by atoms with Crippen molar-refractivity contribution >= 4 is 7.82 Å². The highest BCUT2D eigenvalue weighted by Gasteiger charge is 2.66. The lowest BCUT2D eigenvalue weighted by Gasteiger charge is -2.40. The molecule has 19 nitrogen and oxygen atoms in total. The molecular formula is C44H47N4O15P. The molecule has 3 N–H and O–H groups in total. The third-order valence-electron chi connectivity index (χ3n) is 12.2. The van der Waals surface area contributed by atoms with Gasteiger partial charge in [-0.2, -0.15) is 0 Å². The predicted octanol–water partition coefficient (Wildman–Crippen LogP) is 3.34. The second kappa shape index (κ2) is 17.2. The van der Waals surface area contributed by atoms with Crippen molar-refractivity contribution in [3.63, 3.8) is 0 Å². The van der Waals surface area contributed by atoms with E-state index in [0.29, 0.717) is 22.6 Å². The van der Waals surface area contributed by atoms with Crippen molar-refractivity contribution in [1.82, 2.24) is 19.1 Å². The second-order valence-electron chi connectivity index (χ2n) is 16.2. The van der Waals surface area contributed by atoms with Crippen LogP contribution in [0, 0.1) is 13.8 Å². The number of aliphatic hydroxyl groups excluding tert-OH is 1. The minimum Gasteiger partial charge on any atom is -0.497 e. The average molecular weight is 903 g/mol. The van der Waals surface area contributed by atoms with E-state index < -0.39 is 84.5 Å². The third kappa shape index (κ3) is 7.80. The quantitative estimate of drug-likeness (QED) is 0.114. The summed E-state index contributed by atoms with van der Waals surface area (Å²) in [5, 5.41) is 11.2. The van der Waals surface area contributed by atoms with Crippen molar-refractivity contribution in [3.8, 4) is 11.5 Å². The van der Waals surface area contributed by atoms with Crippen LogP contribution in [0.5, 0.6) is 11.5 Å². The number of aliphatic hydroxyl groups is 1. The van der Waals surface area contributed by atoms with E-state index in [1.54, 1.807) is 14.2 Å². The molecule has 0 amide bonds. The summed E-state index contributed by atoms with van der Waals surface area (Å²) in [6.45, 7) is 2.49. The number of ether oxygens (including phenoxy) is 6. The van der Waals surface area contributed by atoms with Crippen LogP contribution in [0.3, 0.4) is 0 Å². The Labute approximate surface area is 365 Å². The molecule has 4 fully saturated rings. The zero-order valence-corrected chi connectivity index (χ0v) is 36.1. The maximum Gasteiger partial charge on any atom is 0.475 e. The van der Waals surface area contributed by atoms with Gasteiger partial charge in [0.05, 0.1) is 40.1 Å². The molecule has 4 aliphatic heterocycles. The van der Waals surface area contributed by atoms with Crippen molar-refractivity contribution in [2.24, 2.45) is 0 Å². The smallest absolute Gasteiger partial charge is 0.475 e. The Morgan fingerprint density at radius 2 is 1.39 bits per heavy atom. The lowest BCUT2D eigenvalue weighted by atomic mass is 9.79. The van der Waals surface area contributed by atoms with Gasteiger partial charge in [-0.05, 0) is 54.8 Å². The number of H-pyrrole nitrogens is 2. The average Bonchev–Trinajstić information content (AvgIpc) is 3.95. The topological polar surface area (TPSA) is 230 Å². The first-order chi connectivity index (χ1) is 30.8. The minimum atomic E-state index is -4.59. The van der Waals surface area contributed by atoms with Crippen LogP contribution in [0.15, 0.2) is 110 Å². The van der Waals surface area contributed by atoms with Gasteiger partial charge in [0.2, 0.25) is 0 Å². The lowest BCUT2D eigenvalue weighted by Crippen LogP contribution is -2.49. The summed E-state index contributed by atoms with van der Waals surface area (Å²) in [5.74, 6) is 1.23. The molecule has 0 unspecified atom stereocenters. The van der Waals surface area contributed by atoms with Crippen LogP contribution in [0.4, 0.5) is 0 Å². The number of rotatable bonds is 13.